The van der Waals surface area contributed by atoms with Gasteiger partial charge in [0.25, 0.3) is 0 Å². The van der Waals surface area contributed by atoms with E-state index in [-0.39, 0.29) is 29.3 Å². The maximum atomic E-state index is 13.1. The Balaban J connectivity index is 1.18. The van der Waals surface area contributed by atoms with Crippen LogP contribution in [0.1, 0.15) is 44.2 Å². The highest BCUT2D eigenvalue weighted by Gasteiger charge is 2.60. The lowest BCUT2D eigenvalue weighted by atomic mass is 9.55. The number of hydrogen-bond donors (Lipinski definition) is 2. The minimum absolute atomic E-state index is 0.165. The maximum Gasteiger partial charge on any atom is 0.311 e. The number of nitrogens with zero attached hydrogens (tertiary/aromatic N) is 2. The predicted octanol–water partition coefficient (Wildman–Crippen LogP) is 3.78. The van der Waals surface area contributed by atoms with E-state index in [1.165, 1.54) is 5.57 Å². The quantitative estimate of drug-likeness (QED) is 0.466. The number of aliphatic hydroxyl groups is 2. The van der Waals surface area contributed by atoms with Crippen LogP contribution in [0, 0.1) is 23.2 Å². The zero-order chi connectivity index (χ0) is 26.5. The van der Waals surface area contributed by atoms with Gasteiger partial charge in [-0.2, -0.15) is 0 Å². The molecule has 6 rings (SSSR count). The monoisotopic (exact) mass is 516 g/mol. The van der Waals surface area contributed by atoms with E-state index in [1.54, 1.807) is 0 Å². The van der Waals surface area contributed by atoms with Crippen LogP contribution in [0.5, 0.6) is 0 Å². The average Bonchev–Trinajstić information content (AvgIpc) is 3.26. The number of fused-ring (bicyclic) bond motifs is 2. The summed E-state index contributed by atoms with van der Waals surface area (Å²) < 4.78 is 5.89. The molecule has 6 heteroatoms. The predicted molar refractivity (Wildman–Crippen MR) is 146 cm³/mol. The molecule has 3 fully saturated rings. The second-order valence-electron chi connectivity index (χ2n) is 12.0. The van der Waals surface area contributed by atoms with Crippen LogP contribution in [-0.4, -0.2) is 70.9 Å². The molecule has 0 aromatic heterocycles. The number of esters is 1. The number of hydrogen-bond acceptors (Lipinski definition) is 6. The molecular weight excluding hydrogens is 476 g/mol. The fourth-order valence-electron chi connectivity index (χ4n) is 7.68. The molecule has 2 heterocycles. The first-order chi connectivity index (χ1) is 18.3. The van der Waals surface area contributed by atoms with E-state index in [2.05, 4.69) is 29.7 Å². The van der Waals surface area contributed by atoms with Gasteiger partial charge in [-0.3, -0.25) is 14.6 Å². The molecule has 0 amide bonds. The molecule has 2 aliphatic heterocycles. The van der Waals surface area contributed by atoms with Crippen LogP contribution in [0.3, 0.4) is 0 Å². The number of piperazine rings is 1. The van der Waals surface area contributed by atoms with Crippen LogP contribution in [-0.2, 0) is 15.3 Å². The number of rotatable bonds is 5. The van der Waals surface area contributed by atoms with Crippen LogP contribution in [0.25, 0.3) is 0 Å². The molecule has 2 aliphatic carbocycles. The van der Waals surface area contributed by atoms with Gasteiger partial charge >= 0.3 is 5.97 Å². The molecule has 6 atom stereocenters. The van der Waals surface area contributed by atoms with Crippen LogP contribution >= 0.6 is 0 Å². The Morgan fingerprint density at radius 3 is 2.21 bits per heavy atom. The second kappa shape index (κ2) is 9.91. The number of benzene rings is 2. The Kier molecular flexibility index (Phi) is 6.71. The van der Waals surface area contributed by atoms with Crippen LogP contribution in [0.2, 0.25) is 0 Å². The minimum Gasteiger partial charge on any atom is -0.461 e. The number of aliphatic hydroxyl groups excluding tert-OH is 1. The summed E-state index contributed by atoms with van der Waals surface area (Å²) in [5.74, 6) is -0.279. The first kappa shape index (κ1) is 25.8. The molecule has 0 spiro atoms. The van der Waals surface area contributed by atoms with E-state index in [0.717, 1.165) is 43.5 Å². The topological polar surface area (TPSA) is 73.2 Å². The molecule has 2 aromatic carbocycles. The van der Waals surface area contributed by atoms with Gasteiger partial charge in [0.15, 0.2) is 5.72 Å². The Labute approximate surface area is 225 Å². The normalized spacial score (nSPS) is 34.3. The molecule has 1 saturated carbocycles. The number of carbonyl (C=O) groups excluding carboxylic acids is 1. The molecule has 4 aliphatic rings. The van der Waals surface area contributed by atoms with E-state index >= 15 is 0 Å². The van der Waals surface area contributed by atoms with Crippen molar-refractivity contribution in [3.63, 3.8) is 0 Å². The van der Waals surface area contributed by atoms with E-state index in [1.807, 2.05) is 60.7 Å². The standard InChI is InChI=1S/C32H40N2O4/c1-22-10-9-15-25-20-27-28(29(35)31(22,25)2)26(30(36)38-27)21-33-16-18-34(19-17-33)32(37,23-11-5-3-6-12-23)24-13-7-4-8-14-24/h3-8,11-15,22,26-29,35,37H,9-10,16-21H2,1-2H3/t22-,26-,27+,28-,29-,31+/m0/s1. The van der Waals surface area contributed by atoms with Crippen LogP contribution in [0.4, 0.5) is 0 Å². The summed E-state index contributed by atoms with van der Waals surface area (Å²) in [6.07, 6.45) is 4.33. The molecule has 6 nitrogen and oxygen atoms in total. The third kappa shape index (κ3) is 4.04. The average molecular weight is 517 g/mol. The molecule has 0 unspecified atom stereocenters. The molecule has 38 heavy (non-hydrogen) atoms. The summed E-state index contributed by atoms with van der Waals surface area (Å²) in [7, 11) is 0. The van der Waals surface area contributed by atoms with Gasteiger partial charge in [0.1, 0.15) is 6.10 Å². The molecular formula is C32H40N2O4. The van der Waals surface area contributed by atoms with E-state index in [9.17, 15) is 15.0 Å². The SMILES string of the molecule is C[C@H]1CCC=C2C[C@H]3OC(=O)[C@@H](CN4CCN(C(O)(c5ccccc5)c5ccccc5)CC4)[C@@H]3[C@H](O)[C@@]21C. The van der Waals surface area contributed by atoms with Crippen molar-refractivity contribution in [2.45, 2.75) is 51.0 Å². The van der Waals surface area contributed by atoms with Gasteiger partial charge in [-0.05, 0) is 18.8 Å². The van der Waals surface area contributed by atoms with Crippen molar-refractivity contribution in [2.75, 3.05) is 32.7 Å². The Hall–Kier alpha value is -2.51. The zero-order valence-electron chi connectivity index (χ0n) is 22.5. The summed E-state index contributed by atoms with van der Waals surface area (Å²) in [4.78, 5) is 17.6. The smallest absolute Gasteiger partial charge is 0.311 e. The van der Waals surface area contributed by atoms with Crippen molar-refractivity contribution in [3.8, 4) is 0 Å². The number of carbonyl (C=O) groups is 1. The van der Waals surface area contributed by atoms with Gasteiger partial charge in [-0.1, -0.05) is 86.2 Å². The molecule has 0 radical (unpaired) electrons. The highest BCUT2D eigenvalue weighted by Crippen LogP contribution is 2.56. The molecule has 0 bridgehead atoms. The zero-order valence-corrected chi connectivity index (χ0v) is 22.5. The van der Waals surface area contributed by atoms with Gasteiger partial charge in [-0.15, -0.1) is 0 Å². The minimum atomic E-state index is -1.22. The lowest BCUT2D eigenvalue weighted by Crippen LogP contribution is -2.58. The molecule has 2 N–H and O–H groups in total. The van der Waals surface area contributed by atoms with Crippen molar-refractivity contribution < 1.29 is 19.7 Å². The fourth-order valence-corrected chi connectivity index (χ4v) is 7.68. The number of allylic oxidation sites excluding steroid dienone is 1. The highest BCUT2D eigenvalue weighted by molar-refractivity contribution is 5.76. The molecule has 2 aromatic rings. The highest BCUT2D eigenvalue weighted by atomic mass is 16.6. The third-order valence-corrected chi connectivity index (χ3v) is 10.2. The van der Waals surface area contributed by atoms with Crippen LogP contribution < -0.4 is 0 Å². The van der Waals surface area contributed by atoms with Gasteiger partial charge < -0.3 is 14.9 Å². The van der Waals surface area contributed by atoms with Gasteiger partial charge in [0, 0.05) is 61.6 Å². The van der Waals surface area contributed by atoms with Crippen molar-refractivity contribution in [3.05, 3.63) is 83.4 Å². The van der Waals surface area contributed by atoms with E-state index in [4.69, 9.17) is 4.74 Å². The molecule has 2 saturated heterocycles. The van der Waals surface area contributed by atoms with E-state index < -0.39 is 11.8 Å². The van der Waals surface area contributed by atoms with E-state index in [0.29, 0.717) is 25.6 Å². The molecule has 202 valence electrons. The summed E-state index contributed by atoms with van der Waals surface area (Å²) in [5.41, 5.74) is 1.47. The Bertz CT molecular complexity index is 1140. The lowest BCUT2D eigenvalue weighted by Gasteiger charge is -2.52. The van der Waals surface area contributed by atoms with Crippen molar-refractivity contribution in [2.24, 2.45) is 23.2 Å². The Morgan fingerprint density at radius 1 is 1.00 bits per heavy atom. The third-order valence-electron chi connectivity index (χ3n) is 10.2. The van der Waals surface area contributed by atoms with Gasteiger partial charge in [0.2, 0.25) is 0 Å². The van der Waals surface area contributed by atoms with Crippen molar-refractivity contribution in [1.29, 1.82) is 0 Å². The first-order valence-corrected chi connectivity index (χ1v) is 14.2. The van der Waals surface area contributed by atoms with Gasteiger partial charge in [0.05, 0.1) is 12.0 Å². The van der Waals surface area contributed by atoms with Crippen molar-refractivity contribution in [1.82, 2.24) is 9.80 Å². The van der Waals surface area contributed by atoms with Crippen LogP contribution in [0.15, 0.2) is 72.3 Å². The lowest BCUT2D eigenvalue weighted by molar-refractivity contribution is -0.145. The first-order valence-electron chi connectivity index (χ1n) is 14.2. The second-order valence-corrected chi connectivity index (χ2v) is 12.0. The summed E-state index contributed by atoms with van der Waals surface area (Å²) >= 11 is 0. The summed E-state index contributed by atoms with van der Waals surface area (Å²) in [6, 6.07) is 19.7. The summed E-state index contributed by atoms with van der Waals surface area (Å²) in [5, 5.41) is 23.8. The van der Waals surface area contributed by atoms with Gasteiger partial charge in [-0.25, -0.2) is 0 Å². The fraction of sp³-hybridized carbons (Fsp3) is 0.531. The Morgan fingerprint density at radius 2 is 1.61 bits per heavy atom. The van der Waals surface area contributed by atoms with Crippen molar-refractivity contribution >= 4 is 5.97 Å². The maximum absolute atomic E-state index is 13.1. The number of ether oxygens (including phenoxy) is 1. The summed E-state index contributed by atoms with van der Waals surface area (Å²) in [6.45, 7) is 7.82. The largest absolute Gasteiger partial charge is 0.461 e.